The fourth-order valence-electron chi connectivity index (χ4n) is 1.31. The predicted molar refractivity (Wildman–Crippen MR) is 79.7 cm³/mol. The molecule has 0 aliphatic carbocycles. The van der Waals surface area contributed by atoms with E-state index in [1.165, 1.54) is 0 Å². The Labute approximate surface area is 120 Å². The van der Waals surface area contributed by atoms with Gasteiger partial charge in [-0.2, -0.15) is 5.10 Å². The quantitative estimate of drug-likeness (QED) is 0.203. The monoisotopic (exact) mass is 294 g/mol. The number of hydrazone groups is 1. The maximum Gasteiger partial charge on any atom is 0.303 e. The number of rotatable bonds is 6. The van der Waals surface area contributed by atoms with Crippen molar-refractivity contribution in [3.8, 4) is 0 Å². The lowest BCUT2D eigenvalue weighted by Gasteiger charge is -2.09. The van der Waals surface area contributed by atoms with E-state index in [1.807, 2.05) is 0 Å². The first kappa shape index (κ1) is 15.6. The van der Waals surface area contributed by atoms with E-state index >= 15 is 0 Å². The average Bonchev–Trinajstić information content (AvgIpc) is 2.42. The van der Waals surface area contributed by atoms with E-state index in [0.717, 1.165) is 6.29 Å². The summed E-state index contributed by atoms with van der Waals surface area (Å²) in [6, 6.07) is 6.62. The van der Waals surface area contributed by atoms with Crippen molar-refractivity contribution in [1.29, 1.82) is 0 Å². The Kier molecular flexibility index (Phi) is 6.11. The van der Waals surface area contributed by atoms with Crippen molar-refractivity contribution < 1.29 is 14.7 Å². The smallest absolute Gasteiger partial charge is 0.303 e. The lowest BCUT2D eigenvalue weighted by molar-refractivity contribution is -0.136. The molecule has 5 N–H and O–H groups in total. The zero-order chi connectivity index (χ0) is 15.0. The Hall–Kier alpha value is -2.48. The molecule has 1 aromatic carbocycles. The number of benzene rings is 1. The zero-order valence-electron chi connectivity index (χ0n) is 10.5. The molecule has 7 nitrogen and oxygen atoms in total. The van der Waals surface area contributed by atoms with E-state index in [0.29, 0.717) is 17.1 Å². The first-order chi connectivity index (χ1) is 9.51. The number of carboxylic acids is 1. The molecule has 0 aliphatic rings. The van der Waals surface area contributed by atoms with Gasteiger partial charge < -0.3 is 16.2 Å². The lowest BCUT2D eigenvalue weighted by atomic mass is 10.2. The summed E-state index contributed by atoms with van der Waals surface area (Å²) < 4.78 is 0. The van der Waals surface area contributed by atoms with Crippen molar-refractivity contribution in [2.24, 2.45) is 10.8 Å². The molecule has 0 aromatic heterocycles. The summed E-state index contributed by atoms with van der Waals surface area (Å²) in [5, 5.41) is 15.5. The summed E-state index contributed by atoms with van der Waals surface area (Å²) in [7, 11) is 0. The number of aldehydes is 1. The Morgan fingerprint density at radius 1 is 1.35 bits per heavy atom. The van der Waals surface area contributed by atoms with Crippen LogP contribution in [0.15, 0.2) is 29.4 Å². The van der Waals surface area contributed by atoms with Gasteiger partial charge in [0.25, 0.3) is 0 Å². The summed E-state index contributed by atoms with van der Waals surface area (Å²) >= 11 is 4.62. The van der Waals surface area contributed by atoms with E-state index in [1.54, 1.807) is 24.3 Å². The molecule has 0 spiro atoms. The van der Waals surface area contributed by atoms with Gasteiger partial charge in [0.15, 0.2) is 5.11 Å². The molecule has 106 valence electrons. The largest absolute Gasteiger partial charge is 0.481 e. The van der Waals surface area contributed by atoms with Gasteiger partial charge in [-0.25, -0.2) is 0 Å². The van der Waals surface area contributed by atoms with Crippen molar-refractivity contribution in [2.45, 2.75) is 12.8 Å². The third-order valence-electron chi connectivity index (χ3n) is 2.21. The highest BCUT2D eigenvalue weighted by Gasteiger charge is 2.05. The Morgan fingerprint density at radius 2 is 2.00 bits per heavy atom. The number of carbonyl (C=O) groups is 2. The summed E-state index contributed by atoms with van der Waals surface area (Å²) in [5.41, 5.74) is 8.87. The summed E-state index contributed by atoms with van der Waals surface area (Å²) in [4.78, 5) is 21.1. The SMILES string of the molecule is NC(=S)NN=C(CCC(=O)O)Nc1ccc(C=O)cc1. The second kappa shape index (κ2) is 7.85. The highest BCUT2D eigenvalue weighted by molar-refractivity contribution is 7.80. The molecular formula is C12H14N4O3S. The van der Waals surface area contributed by atoms with Crippen molar-refractivity contribution in [2.75, 3.05) is 5.32 Å². The number of amidine groups is 1. The van der Waals surface area contributed by atoms with Crippen LogP contribution in [0.4, 0.5) is 5.69 Å². The number of carboxylic acid groups (broad SMARTS) is 1. The van der Waals surface area contributed by atoms with Crippen LogP contribution < -0.4 is 16.5 Å². The molecular weight excluding hydrogens is 280 g/mol. The van der Waals surface area contributed by atoms with Crippen molar-refractivity contribution >= 4 is 41.1 Å². The molecule has 0 bridgehead atoms. The van der Waals surface area contributed by atoms with Gasteiger partial charge in [0.1, 0.15) is 12.1 Å². The molecule has 8 heteroatoms. The van der Waals surface area contributed by atoms with Crippen LogP contribution in [0.2, 0.25) is 0 Å². The second-order valence-corrected chi connectivity index (χ2v) is 4.23. The van der Waals surface area contributed by atoms with Crippen LogP contribution in [0.5, 0.6) is 0 Å². The molecule has 0 unspecified atom stereocenters. The minimum absolute atomic E-state index is 0.0177. The van der Waals surface area contributed by atoms with Crippen molar-refractivity contribution in [3.63, 3.8) is 0 Å². The maximum absolute atomic E-state index is 10.6. The van der Waals surface area contributed by atoms with Crippen LogP contribution in [-0.4, -0.2) is 28.3 Å². The molecule has 0 saturated heterocycles. The Morgan fingerprint density at radius 3 is 2.50 bits per heavy atom. The number of hydrogen-bond acceptors (Lipinski definition) is 4. The number of anilines is 1. The molecule has 0 aliphatic heterocycles. The predicted octanol–water partition coefficient (Wildman–Crippen LogP) is 0.922. The van der Waals surface area contributed by atoms with Gasteiger partial charge in [-0.3, -0.25) is 15.0 Å². The van der Waals surface area contributed by atoms with Crippen LogP contribution >= 0.6 is 12.2 Å². The Balaban J connectivity index is 2.75. The van der Waals surface area contributed by atoms with Gasteiger partial charge in [-0.1, -0.05) is 0 Å². The molecule has 0 saturated carbocycles. The number of nitrogens with one attached hydrogen (secondary N) is 2. The van der Waals surface area contributed by atoms with Crippen molar-refractivity contribution in [1.82, 2.24) is 5.43 Å². The first-order valence-electron chi connectivity index (χ1n) is 5.67. The maximum atomic E-state index is 10.6. The highest BCUT2D eigenvalue weighted by Crippen LogP contribution is 2.09. The molecule has 0 amide bonds. The molecule has 1 rings (SSSR count). The fraction of sp³-hybridized carbons (Fsp3) is 0.167. The molecule has 1 aromatic rings. The number of aliphatic carboxylic acids is 1. The topological polar surface area (TPSA) is 117 Å². The van der Waals surface area contributed by atoms with Gasteiger partial charge in [-0.05, 0) is 36.5 Å². The summed E-state index contributed by atoms with van der Waals surface area (Å²) in [5.74, 6) is -0.565. The third kappa shape index (κ3) is 5.91. The molecule has 20 heavy (non-hydrogen) atoms. The van der Waals surface area contributed by atoms with Gasteiger partial charge in [0.2, 0.25) is 0 Å². The van der Waals surface area contributed by atoms with E-state index < -0.39 is 5.97 Å². The van der Waals surface area contributed by atoms with Crippen LogP contribution in [0, 0.1) is 0 Å². The van der Waals surface area contributed by atoms with E-state index in [9.17, 15) is 9.59 Å². The van der Waals surface area contributed by atoms with Gasteiger partial charge in [0.05, 0.1) is 6.42 Å². The minimum Gasteiger partial charge on any atom is -0.481 e. The number of nitrogens with two attached hydrogens (primary N) is 1. The van der Waals surface area contributed by atoms with Gasteiger partial charge in [0, 0.05) is 17.7 Å². The van der Waals surface area contributed by atoms with Crippen LogP contribution in [0.25, 0.3) is 0 Å². The molecule has 0 atom stereocenters. The molecule has 0 fully saturated rings. The summed E-state index contributed by atoms with van der Waals surface area (Å²) in [6.45, 7) is 0. The van der Waals surface area contributed by atoms with Crippen LogP contribution in [-0.2, 0) is 4.79 Å². The van der Waals surface area contributed by atoms with Crippen LogP contribution in [0.1, 0.15) is 23.2 Å². The number of hydrogen-bond donors (Lipinski definition) is 4. The lowest BCUT2D eigenvalue weighted by Crippen LogP contribution is -2.27. The van der Waals surface area contributed by atoms with E-state index in [2.05, 4.69) is 28.1 Å². The molecule has 0 radical (unpaired) electrons. The van der Waals surface area contributed by atoms with E-state index in [-0.39, 0.29) is 18.0 Å². The molecule has 0 heterocycles. The van der Waals surface area contributed by atoms with Gasteiger partial charge in [-0.15, -0.1) is 0 Å². The normalized spacial score (nSPS) is 10.7. The second-order valence-electron chi connectivity index (χ2n) is 3.79. The number of thiocarbonyl (C=S) groups is 1. The minimum atomic E-state index is -0.939. The summed E-state index contributed by atoms with van der Waals surface area (Å²) in [6.07, 6.45) is 0.829. The highest BCUT2D eigenvalue weighted by atomic mass is 32.1. The Bertz CT molecular complexity index is 528. The fourth-order valence-corrected chi connectivity index (χ4v) is 1.35. The number of nitrogens with zero attached hydrogens (tertiary/aromatic N) is 1. The van der Waals surface area contributed by atoms with Gasteiger partial charge >= 0.3 is 5.97 Å². The standard InChI is InChI=1S/C12H14N4O3S/c13-12(20)16-15-10(5-6-11(18)19)14-9-3-1-8(7-17)2-4-9/h1-4,7H,5-6H2,(H,14,15)(H,18,19)(H3,13,16,20). The van der Waals surface area contributed by atoms with E-state index in [4.69, 9.17) is 10.8 Å². The first-order valence-corrected chi connectivity index (χ1v) is 6.08. The zero-order valence-corrected chi connectivity index (χ0v) is 11.3. The van der Waals surface area contributed by atoms with Crippen LogP contribution in [0.3, 0.4) is 0 Å². The van der Waals surface area contributed by atoms with Crippen molar-refractivity contribution in [3.05, 3.63) is 29.8 Å². The third-order valence-corrected chi connectivity index (χ3v) is 2.30. The number of carbonyl (C=O) groups excluding carboxylic acids is 1. The average molecular weight is 294 g/mol.